The average Bonchev–Trinajstić information content (AvgIpc) is 2.98. The van der Waals surface area contributed by atoms with Crippen LogP contribution in [0.2, 0.25) is 0 Å². The fourth-order valence-electron chi connectivity index (χ4n) is 2.23. The maximum absolute atomic E-state index is 11.7. The van der Waals surface area contributed by atoms with E-state index in [1.807, 2.05) is 0 Å². The summed E-state index contributed by atoms with van der Waals surface area (Å²) in [5, 5.41) is 11.2. The third-order valence-corrected chi connectivity index (χ3v) is 3.25. The minimum Gasteiger partial charge on any atom is -0.482 e. The van der Waals surface area contributed by atoms with Crippen LogP contribution in [0.1, 0.15) is 25.7 Å². The van der Waals surface area contributed by atoms with Gasteiger partial charge in [-0.05, 0) is 37.1 Å². The zero-order valence-corrected chi connectivity index (χ0v) is 11.7. The monoisotopic (exact) mass is 293 g/mol. The summed E-state index contributed by atoms with van der Waals surface area (Å²) in [4.78, 5) is 22.1. The molecule has 1 saturated carbocycles. The van der Waals surface area contributed by atoms with Crippen molar-refractivity contribution >= 4 is 17.6 Å². The Morgan fingerprint density at radius 2 is 1.81 bits per heavy atom. The van der Waals surface area contributed by atoms with E-state index in [9.17, 15) is 9.59 Å². The molecule has 0 unspecified atom stereocenters. The Morgan fingerprint density at radius 3 is 2.43 bits per heavy atom. The van der Waals surface area contributed by atoms with Crippen LogP contribution in [0.25, 0.3) is 0 Å². The summed E-state index contributed by atoms with van der Waals surface area (Å²) in [6, 6.07) is 6.53. The molecule has 114 valence electrons. The highest BCUT2D eigenvalue weighted by Gasteiger charge is 2.16. The van der Waals surface area contributed by atoms with Gasteiger partial charge in [-0.25, -0.2) is 4.79 Å². The van der Waals surface area contributed by atoms with Crippen molar-refractivity contribution < 1.29 is 24.2 Å². The zero-order valence-electron chi connectivity index (χ0n) is 11.7. The molecule has 0 heterocycles. The second kappa shape index (κ2) is 7.64. The lowest BCUT2D eigenvalue weighted by Crippen LogP contribution is -2.21. The topological polar surface area (TPSA) is 84.9 Å². The van der Waals surface area contributed by atoms with E-state index in [1.54, 1.807) is 24.3 Å². The van der Waals surface area contributed by atoms with Gasteiger partial charge < -0.3 is 19.9 Å². The lowest BCUT2D eigenvalue weighted by Gasteiger charge is -2.11. The number of anilines is 1. The first kappa shape index (κ1) is 15.3. The van der Waals surface area contributed by atoms with Crippen LogP contribution in [0.3, 0.4) is 0 Å². The number of hydrogen-bond acceptors (Lipinski definition) is 4. The minimum atomic E-state index is -1.03. The van der Waals surface area contributed by atoms with Crippen molar-refractivity contribution in [2.45, 2.75) is 31.8 Å². The van der Waals surface area contributed by atoms with Crippen LogP contribution in [-0.2, 0) is 14.3 Å². The summed E-state index contributed by atoms with van der Waals surface area (Å²) in [6.07, 6.45) is 4.61. The number of hydrogen-bond donors (Lipinski definition) is 2. The Kier molecular flexibility index (Phi) is 5.57. The zero-order chi connectivity index (χ0) is 15.1. The van der Waals surface area contributed by atoms with Gasteiger partial charge in [0, 0.05) is 5.69 Å². The molecular formula is C15H19NO5. The van der Waals surface area contributed by atoms with Crippen molar-refractivity contribution in [1.82, 2.24) is 0 Å². The van der Waals surface area contributed by atoms with Crippen LogP contribution in [0.5, 0.6) is 5.75 Å². The summed E-state index contributed by atoms with van der Waals surface area (Å²) in [5.41, 5.74) is 0.623. The normalized spacial score (nSPS) is 14.9. The van der Waals surface area contributed by atoms with Gasteiger partial charge in [0.2, 0.25) is 5.91 Å². The molecule has 6 heteroatoms. The smallest absolute Gasteiger partial charge is 0.341 e. The van der Waals surface area contributed by atoms with E-state index in [1.165, 1.54) is 12.8 Å². The third kappa shape index (κ3) is 5.43. The number of ether oxygens (including phenoxy) is 2. The standard InChI is InChI=1S/C15H19NO5/c17-14(9-20-12-3-1-2-4-12)16-11-5-7-13(8-6-11)21-10-15(18)19/h5-8,12H,1-4,9-10H2,(H,16,17)(H,18,19). The van der Waals surface area contributed by atoms with Crippen LogP contribution in [0.15, 0.2) is 24.3 Å². The summed E-state index contributed by atoms with van der Waals surface area (Å²) in [6.45, 7) is -0.330. The van der Waals surface area contributed by atoms with Crippen molar-refractivity contribution in [2.75, 3.05) is 18.5 Å². The second-order valence-electron chi connectivity index (χ2n) is 4.97. The largest absolute Gasteiger partial charge is 0.482 e. The Labute approximate surface area is 123 Å². The number of aliphatic carboxylic acids is 1. The highest BCUT2D eigenvalue weighted by molar-refractivity contribution is 5.91. The van der Waals surface area contributed by atoms with E-state index in [4.69, 9.17) is 14.6 Å². The molecule has 1 aromatic carbocycles. The van der Waals surface area contributed by atoms with E-state index < -0.39 is 5.97 Å². The Hall–Kier alpha value is -2.08. The highest BCUT2D eigenvalue weighted by atomic mass is 16.5. The van der Waals surface area contributed by atoms with Crippen molar-refractivity contribution in [3.05, 3.63) is 24.3 Å². The maximum Gasteiger partial charge on any atom is 0.341 e. The summed E-state index contributed by atoms with van der Waals surface area (Å²) in [7, 11) is 0. The van der Waals surface area contributed by atoms with E-state index in [0.29, 0.717) is 11.4 Å². The molecule has 6 nitrogen and oxygen atoms in total. The fourth-order valence-corrected chi connectivity index (χ4v) is 2.23. The van der Waals surface area contributed by atoms with Gasteiger partial charge in [0.05, 0.1) is 6.10 Å². The Morgan fingerprint density at radius 1 is 1.14 bits per heavy atom. The minimum absolute atomic E-state index is 0.0575. The Bertz CT molecular complexity index is 479. The van der Waals surface area contributed by atoms with Crippen LogP contribution in [0.4, 0.5) is 5.69 Å². The molecule has 0 aliphatic heterocycles. The lowest BCUT2D eigenvalue weighted by molar-refractivity contribution is -0.139. The summed E-state index contributed by atoms with van der Waals surface area (Å²) in [5.74, 6) is -0.782. The van der Waals surface area contributed by atoms with Crippen molar-refractivity contribution in [3.8, 4) is 5.75 Å². The highest BCUT2D eigenvalue weighted by Crippen LogP contribution is 2.21. The number of carboxylic acid groups (broad SMARTS) is 1. The van der Waals surface area contributed by atoms with Gasteiger partial charge in [0.1, 0.15) is 12.4 Å². The molecule has 0 saturated heterocycles. The van der Waals surface area contributed by atoms with Gasteiger partial charge >= 0.3 is 5.97 Å². The first-order chi connectivity index (χ1) is 10.1. The number of carbonyl (C=O) groups excluding carboxylic acids is 1. The maximum atomic E-state index is 11.7. The fraction of sp³-hybridized carbons (Fsp3) is 0.467. The molecule has 2 N–H and O–H groups in total. The third-order valence-electron chi connectivity index (χ3n) is 3.25. The van der Waals surface area contributed by atoms with Crippen molar-refractivity contribution in [3.63, 3.8) is 0 Å². The predicted molar refractivity (Wildman–Crippen MR) is 76.4 cm³/mol. The number of amides is 1. The molecule has 0 radical (unpaired) electrons. The molecule has 0 aromatic heterocycles. The van der Waals surface area contributed by atoms with Gasteiger partial charge in [0.25, 0.3) is 0 Å². The first-order valence-corrected chi connectivity index (χ1v) is 6.99. The quantitative estimate of drug-likeness (QED) is 0.803. The van der Waals surface area contributed by atoms with Crippen LogP contribution in [-0.4, -0.2) is 36.3 Å². The SMILES string of the molecule is O=C(O)COc1ccc(NC(=O)COC2CCCC2)cc1. The van der Waals surface area contributed by atoms with E-state index in [2.05, 4.69) is 5.32 Å². The van der Waals surface area contributed by atoms with Gasteiger partial charge in [-0.15, -0.1) is 0 Å². The van der Waals surface area contributed by atoms with E-state index >= 15 is 0 Å². The second-order valence-corrected chi connectivity index (χ2v) is 4.97. The molecule has 0 bridgehead atoms. The number of carbonyl (C=O) groups is 2. The average molecular weight is 293 g/mol. The van der Waals surface area contributed by atoms with E-state index in [0.717, 1.165) is 12.8 Å². The molecule has 1 aliphatic carbocycles. The molecule has 0 spiro atoms. The van der Waals surface area contributed by atoms with E-state index in [-0.39, 0.29) is 25.2 Å². The molecule has 1 fully saturated rings. The van der Waals surface area contributed by atoms with Crippen LogP contribution < -0.4 is 10.1 Å². The van der Waals surface area contributed by atoms with Crippen LogP contribution >= 0.6 is 0 Å². The molecular weight excluding hydrogens is 274 g/mol. The number of rotatable bonds is 7. The predicted octanol–water partition coefficient (Wildman–Crippen LogP) is 2.05. The number of carboxylic acids is 1. The van der Waals surface area contributed by atoms with Crippen molar-refractivity contribution in [1.29, 1.82) is 0 Å². The van der Waals surface area contributed by atoms with Crippen molar-refractivity contribution in [2.24, 2.45) is 0 Å². The van der Waals surface area contributed by atoms with Gasteiger partial charge in [-0.2, -0.15) is 0 Å². The Balaban J connectivity index is 1.73. The van der Waals surface area contributed by atoms with Gasteiger partial charge in [0.15, 0.2) is 6.61 Å². The molecule has 1 amide bonds. The molecule has 1 aromatic rings. The lowest BCUT2D eigenvalue weighted by atomic mass is 10.3. The molecule has 1 aliphatic rings. The molecule has 21 heavy (non-hydrogen) atoms. The first-order valence-electron chi connectivity index (χ1n) is 6.99. The summed E-state index contributed by atoms with van der Waals surface area (Å²) < 4.78 is 10.5. The number of nitrogens with one attached hydrogen (secondary N) is 1. The van der Waals surface area contributed by atoms with Gasteiger partial charge in [-0.3, -0.25) is 4.79 Å². The molecule has 0 atom stereocenters. The number of benzene rings is 1. The summed E-state index contributed by atoms with van der Waals surface area (Å²) >= 11 is 0. The van der Waals surface area contributed by atoms with Gasteiger partial charge in [-0.1, -0.05) is 12.8 Å². The van der Waals surface area contributed by atoms with Crippen LogP contribution in [0, 0.1) is 0 Å². The molecule has 2 rings (SSSR count).